The van der Waals surface area contributed by atoms with Crippen LogP contribution in [0.15, 0.2) is 0 Å². The van der Waals surface area contributed by atoms with Crippen molar-refractivity contribution in [2.24, 2.45) is 5.92 Å². The minimum atomic E-state index is 0.552. The van der Waals surface area contributed by atoms with Gasteiger partial charge in [-0.3, -0.25) is 4.90 Å². The van der Waals surface area contributed by atoms with Gasteiger partial charge in [0.15, 0.2) is 0 Å². The van der Waals surface area contributed by atoms with Gasteiger partial charge in [0.1, 0.15) is 0 Å². The third-order valence-electron chi connectivity index (χ3n) is 4.39. The summed E-state index contributed by atoms with van der Waals surface area (Å²) in [5.41, 5.74) is 0.552. The van der Waals surface area contributed by atoms with Crippen molar-refractivity contribution in [1.82, 2.24) is 10.2 Å². The molecule has 1 saturated carbocycles. The lowest BCUT2D eigenvalue weighted by molar-refractivity contribution is 0.0622. The summed E-state index contributed by atoms with van der Waals surface area (Å²) in [5.74, 6) is 0.757. The first-order chi connectivity index (χ1) is 7.07. The maximum absolute atomic E-state index is 3.71. The molecule has 2 aliphatic rings. The summed E-state index contributed by atoms with van der Waals surface area (Å²) in [4.78, 5) is 2.79. The first kappa shape index (κ1) is 11.4. The first-order valence-electron chi connectivity index (χ1n) is 6.57. The summed E-state index contributed by atoms with van der Waals surface area (Å²) >= 11 is 0. The Morgan fingerprint density at radius 2 is 2.07 bits per heavy atom. The molecule has 1 N–H and O–H groups in total. The van der Waals surface area contributed by atoms with Crippen molar-refractivity contribution in [1.29, 1.82) is 0 Å². The van der Waals surface area contributed by atoms with Crippen molar-refractivity contribution < 1.29 is 0 Å². The Balaban J connectivity index is 2.03. The van der Waals surface area contributed by atoms with Crippen LogP contribution in [0.5, 0.6) is 0 Å². The molecule has 1 saturated heterocycles. The predicted octanol–water partition coefficient (Wildman–Crippen LogP) is 2.25. The van der Waals surface area contributed by atoms with Gasteiger partial charge < -0.3 is 5.32 Å². The summed E-state index contributed by atoms with van der Waals surface area (Å²) in [6.45, 7) is 11.9. The number of nitrogens with zero attached hydrogens (tertiary/aromatic N) is 1. The smallest absolute Gasteiger partial charge is 0.0224 e. The number of piperazine rings is 1. The fourth-order valence-corrected chi connectivity index (χ4v) is 2.76. The first-order valence-corrected chi connectivity index (χ1v) is 6.57. The molecule has 88 valence electrons. The zero-order valence-corrected chi connectivity index (χ0v) is 10.7. The summed E-state index contributed by atoms with van der Waals surface area (Å²) in [7, 11) is 0. The van der Waals surface area contributed by atoms with Crippen LogP contribution in [-0.4, -0.2) is 35.6 Å². The molecule has 1 aliphatic heterocycles. The topological polar surface area (TPSA) is 15.3 Å². The number of hydrogen-bond donors (Lipinski definition) is 1. The quantitative estimate of drug-likeness (QED) is 0.768. The number of rotatable bonds is 3. The van der Waals surface area contributed by atoms with Gasteiger partial charge >= 0.3 is 0 Å². The maximum atomic E-state index is 3.71. The van der Waals surface area contributed by atoms with Crippen LogP contribution in [0.2, 0.25) is 0 Å². The lowest BCUT2D eigenvalue weighted by Crippen LogP contribution is -2.60. The summed E-state index contributed by atoms with van der Waals surface area (Å²) in [6.07, 6.45) is 4.11. The predicted molar refractivity (Wildman–Crippen MR) is 65.1 cm³/mol. The highest BCUT2D eigenvalue weighted by Gasteiger charge is 2.47. The standard InChI is InChI=1S/C13H26N2/c1-5-11-8-14-12(10(2)3)9-15(11)13(4)6-7-13/h10-12,14H,5-9H2,1-4H3. The molecule has 2 unspecified atom stereocenters. The molecule has 0 amide bonds. The molecule has 0 spiro atoms. The lowest BCUT2D eigenvalue weighted by Gasteiger charge is -2.45. The second-order valence-electron chi connectivity index (χ2n) is 5.97. The monoisotopic (exact) mass is 210 g/mol. The molecule has 1 heterocycles. The van der Waals surface area contributed by atoms with Gasteiger partial charge in [-0.1, -0.05) is 20.8 Å². The van der Waals surface area contributed by atoms with Crippen LogP contribution in [0.1, 0.15) is 47.0 Å². The molecule has 0 bridgehead atoms. The molecule has 0 aromatic carbocycles. The molecule has 2 atom stereocenters. The van der Waals surface area contributed by atoms with Crippen molar-refractivity contribution in [3.8, 4) is 0 Å². The SMILES string of the molecule is CCC1CNC(C(C)C)CN1C1(C)CC1. The zero-order valence-electron chi connectivity index (χ0n) is 10.7. The Morgan fingerprint density at radius 1 is 1.40 bits per heavy atom. The molecule has 1 aliphatic carbocycles. The Labute approximate surface area is 94.4 Å². The van der Waals surface area contributed by atoms with Crippen LogP contribution < -0.4 is 5.32 Å². The zero-order chi connectivity index (χ0) is 11.1. The third kappa shape index (κ3) is 2.21. The minimum absolute atomic E-state index is 0.552. The van der Waals surface area contributed by atoms with Crippen molar-refractivity contribution in [3.05, 3.63) is 0 Å². The number of hydrogen-bond acceptors (Lipinski definition) is 2. The third-order valence-corrected chi connectivity index (χ3v) is 4.39. The fourth-order valence-electron chi connectivity index (χ4n) is 2.76. The molecular formula is C13H26N2. The largest absolute Gasteiger partial charge is 0.311 e. The van der Waals surface area contributed by atoms with Crippen LogP contribution >= 0.6 is 0 Å². The van der Waals surface area contributed by atoms with Crippen molar-refractivity contribution in [2.45, 2.75) is 64.6 Å². The average molecular weight is 210 g/mol. The Bertz CT molecular complexity index is 221. The van der Waals surface area contributed by atoms with E-state index < -0.39 is 0 Å². The number of nitrogens with one attached hydrogen (secondary N) is 1. The Kier molecular flexibility index (Phi) is 3.09. The van der Waals surface area contributed by atoms with E-state index in [4.69, 9.17) is 0 Å². The van der Waals surface area contributed by atoms with E-state index >= 15 is 0 Å². The van der Waals surface area contributed by atoms with E-state index in [1.165, 1.54) is 32.4 Å². The molecule has 15 heavy (non-hydrogen) atoms. The Morgan fingerprint density at radius 3 is 2.53 bits per heavy atom. The minimum Gasteiger partial charge on any atom is -0.311 e. The van der Waals surface area contributed by atoms with Gasteiger partial charge in [0, 0.05) is 30.7 Å². The van der Waals surface area contributed by atoms with E-state index in [0.717, 1.165) is 12.0 Å². The highest BCUT2D eigenvalue weighted by molar-refractivity contribution is 5.05. The normalized spacial score (nSPS) is 35.8. The van der Waals surface area contributed by atoms with E-state index in [0.29, 0.717) is 11.6 Å². The molecular weight excluding hydrogens is 184 g/mol. The summed E-state index contributed by atoms with van der Waals surface area (Å²) in [6, 6.07) is 1.47. The molecule has 0 aromatic heterocycles. The molecule has 0 aromatic rings. The van der Waals surface area contributed by atoms with Gasteiger partial charge in [0.05, 0.1) is 0 Å². The van der Waals surface area contributed by atoms with Crippen LogP contribution in [0.25, 0.3) is 0 Å². The summed E-state index contributed by atoms with van der Waals surface area (Å²) < 4.78 is 0. The molecule has 0 radical (unpaired) electrons. The second-order valence-corrected chi connectivity index (χ2v) is 5.97. The van der Waals surface area contributed by atoms with Crippen LogP contribution in [0, 0.1) is 5.92 Å². The molecule has 2 fully saturated rings. The Hall–Kier alpha value is -0.0800. The van der Waals surface area contributed by atoms with Crippen molar-refractivity contribution >= 4 is 0 Å². The van der Waals surface area contributed by atoms with Gasteiger partial charge in [0.2, 0.25) is 0 Å². The van der Waals surface area contributed by atoms with Crippen molar-refractivity contribution in [2.75, 3.05) is 13.1 Å². The fraction of sp³-hybridized carbons (Fsp3) is 1.00. The summed E-state index contributed by atoms with van der Waals surface area (Å²) in [5, 5.41) is 3.71. The van der Waals surface area contributed by atoms with Gasteiger partial charge in [0.25, 0.3) is 0 Å². The molecule has 2 heteroatoms. The van der Waals surface area contributed by atoms with E-state index in [1.807, 2.05) is 0 Å². The highest BCUT2D eigenvalue weighted by atomic mass is 15.3. The van der Waals surface area contributed by atoms with E-state index in [-0.39, 0.29) is 0 Å². The second kappa shape index (κ2) is 4.06. The molecule has 2 nitrogen and oxygen atoms in total. The van der Waals surface area contributed by atoms with Gasteiger partial charge in [-0.05, 0) is 32.1 Å². The molecule has 2 rings (SSSR count). The van der Waals surface area contributed by atoms with Gasteiger partial charge in [-0.25, -0.2) is 0 Å². The van der Waals surface area contributed by atoms with Crippen LogP contribution in [0.3, 0.4) is 0 Å². The average Bonchev–Trinajstić information content (AvgIpc) is 2.96. The van der Waals surface area contributed by atoms with Crippen LogP contribution in [-0.2, 0) is 0 Å². The maximum Gasteiger partial charge on any atom is 0.0224 e. The van der Waals surface area contributed by atoms with Gasteiger partial charge in [-0.2, -0.15) is 0 Å². The van der Waals surface area contributed by atoms with Crippen molar-refractivity contribution in [3.63, 3.8) is 0 Å². The van der Waals surface area contributed by atoms with Crippen LogP contribution in [0.4, 0.5) is 0 Å². The van der Waals surface area contributed by atoms with E-state index in [9.17, 15) is 0 Å². The highest BCUT2D eigenvalue weighted by Crippen LogP contribution is 2.43. The lowest BCUT2D eigenvalue weighted by atomic mass is 9.96. The van der Waals surface area contributed by atoms with Gasteiger partial charge in [-0.15, -0.1) is 0 Å². The van der Waals surface area contributed by atoms with E-state index in [1.54, 1.807) is 0 Å². The van der Waals surface area contributed by atoms with E-state index in [2.05, 4.69) is 37.9 Å².